The van der Waals surface area contributed by atoms with Crippen LogP contribution in [0.2, 0.25) is 0 Å². The Labute approximate surface area is 133 Å². The fourth-order valence-electron chi connectivity index (χ4n) is 2.44. The number of anilines is 1. The number of benzene rings is 1. The molecule has 1 fully saturated rings. The number of ether oxygens (including phenoxy) is 1. The molecule has 1 aromatic carbocycles. The van der Waals surface area contributed by atoms with Crippen LogP contribution in [-0.2, 0) is 0 Å². The second-order valence-electron chi connectivity index (χ2n) is 5.80. The summed E-state index contributed by atoms with van der Waals surface area (Å²) in [6.45, 7) is 0. The molecule has 0 N–H and O–H groups in total. The second-order valence-corrected chi connectivity index (χ2v) is 7.35. The zero-order valence-electron chi connectivity index (χ0n) is 13.1. The van der Waals surface area contributed by atoms with Crippen LogP contribution in [0, 0.1) is 0 Å². The van der Waals surface area contributed by atoms with E-state index in [0.717, 1.165) is 37.8 Å². The van der Waals surface area contributed by atoms with Crippen molar-refractivity contribution < 1.29 is 21.5 Å². The molecule has 0 saturated heterocycles. The molecule has 1 saturated carbocycles. The Hall–Kier alpha value is -1.43. The van der Waals surface area contributed by atoms with E-state index >= 15 is 0 Å². The van der Waals surface area contributed by atoms with Gasteiger partial charge in [0.15, 0.2) is 0 Å². The maximum absolute atomic E-state index is 12.4. The molecule has 0 amide bonds. The van der Waals surface area contributed by atoms with Crippen molar-refractivity contribution >= 4 is 19.4 Å². The van der Waals surface area contributed by atoms with Crippen LogP contribution in [-0.4, -0.2) is 20.2 Å². The van der Waals surface area contributed by atoms with E-state index in [2.05, 4.69) is 5.11 Å². The Morgan fingerprint density at radius 1 is 1.09 bits per heavy atom. The SMILES string of the molecule is CN(C)c1ccc(N=NP(F)(F)(F)F)c(OC2CCCCC2)c1. The summed E-state index contributed by atoms with van der Waals surface area (Å²) in [6, 6.07) is 4.55. The summed E-state index contributed by atoms with van der Waals surface area (Å²) in [4.78, 5) is 3.78. The van der Waals surface area contributed by atoms with Gasteiger partial charge in [0, 0.05) is 0 Å². The monoisotopic (exact) mass is 353 g/mol. The summed E-state index contributed by atoms with van der Waals surface area (Å²) in [5, 5.41) is 3.05. The van der Waals surface area contributed by atoms with Crippen molar-refractivity contribution in [2.24, 2.45) is 10.00 Å². The van der Waals surface area contributed by atoms with Gasteiger partial charge in [-0.05, 0) is 0 Å². The summed E-state index contributed by atoms with van der Waals surface area (Å²) in [6.07, 6.45) is 4.82. The number of halogens is 4. The zero-order chi connectivity index (χ0) is 17.1. The number of rotatable bonds is 5. The standard InChI is InChI=1S/C14H20F4N3OP/c1-21(2)11-8-9-13(19-20-23(15,16,17)18)14(10-11)22-12-6-4-3-5-7-12/h8-10,12H,3-7H2,1-2H3. The molecule has 0 atom stereocenters. The minimum atomic E-state index is -8.02. The molecule has 1 aliphatic carbocycles. The first-order chi connectivity index (χ1) is 10.6. The van der Waals surface area contributed by atoms with Gasteiger partial charge in [-0.2, -0.15) is 0 Å². The molecule has 0 heterocycles. The molecule has 130 valence electrons. The van der Waals surface area contributed by atoms with Gasteiger partial charge in [-0.15, -0.1) is 0 Å². The molecule has 0 unspecified atom stereocenters. The van der Waals surface area contributed by atoms with Crippen molar-refractivity contribution in [1.82, 2.24) is 0 Å². The van der Waals surface area contributed by atoms with Crippen molar-refractivity contribution in [2.75, 3.05) is 19.0 Å². The van der Waals surface area contributed by atoms with Gasteiger partial charge in [0.1, 0.15) is 0 Å². The summed E-state index contributed by atoms with van der Waals surface area (Å²) in [7, 11) is -4.41. The fourth-order valence-corrected chi connectivity index (χ4v) is 2.67. The predicted octanol–water partition coefficient (Wildman–Crippen LogP) is 6.55. The fraction of sp³-hybridized carbons (Fsp3) is 0.571. The first-order valence-electron chi connectivity index (χ1n) is 7.41. The van der Waals surface area contributed by atoms with Gasteiger partial charge in [-0.1, -0.05) is 0 Å². The van der Waals surface area contributed by atoms with Crippen LogP contribution in [0.15, 0.2) is 28.2 Å². The molecular formula is C14H20F4N3OP. The molecule has 0 aromatic heterocycles. The third kappa shape index (κ3) is 5.94. The molecule has 1 aromatic rings. The van der Waals surface area contributed by atoms with Crippen LogP contribution in [0.4, 0.5) is 28.2 Å². The van der Waals surface area contributed by atoms with Gasteiger partial charge < -0.3 is 0 Å². The second kappa shape index (κ2) is 6.59. The number of hydrogen-bond acceptors (Lipinski definition) is 4. The summed E-state index contributed by atoms with van der Waals surface area (Å²) in [5.41, 5.74) is 0.647. The minimum absolute atomic E-state index is 0.0585. The Bertz CT molecular complexity index is 574. The zero-order valence-corrected chi connectivity index (χ0v) is 13.9. The Morgan fingerprint density at radius 2 is 1.74 bits per heavy atom. The molecule has 23 heavy (non-hydrogen) atoms. The van der Waals surface area contributed by atoms with Gasteiger partial charge in [0.05, 0.1) is 0 Å². The Kier molecular flexibility index (Phi) is 5.14. The van der Waals surface area contributed by atoms with Crippen LogP contribution < -0.4 is 9.64 Å². The van der Waals surface area contributed by atoms with Gasteiger partial charge in [-0.3, -0.25) is 0 Å². The van der Waals surface area contributed by atoms with Gasteiger partial charge >= 0.3 is 132 Å². The van der Waals surface area contributed by atoms with Crippen molar-refractivity contribution in [3.8, 4) is 5.75 Å². The molecule has 4 nitrogen and oxygen atoms in total. The van der Waals surface area contributed by atoms with Gasteiger partial charge in [0.2, 0.25) is 0 Å². The van der Waals surface area contributed by atoms with E-state index in [1.54, 1.807) is 31.1 Å². The third-order valence-corrected chi connectivity index (χ3v) is 3.95. The third-order valence-electron chi connectivity index (χ3n) is 3.59. The van der Waals surface area contributed by atoms with Crippen molar-refractivity contribution in [1.29, 1.82) is 0 Å². The number of nitrogens with zero attached hydrogens (tertiary/aromatic N) is 3. The van der Waals surface area contributed by atoms with Gasteiger partial charge in [0.25, 0.3) is 0 Å². The molecule has 0 bridgehead atoms. The molecule has 2 rings (SSSR count). The van der Waals surface area contributed by atoms with Crippen LogP contribution in [0.5, 0.6) is 5.75 Å². The number of hydrogen-bond donors (Lipinski definition) is 0. The van der Waals surface area contributed by atoms with Gasteiger partial charge in [-0.25, -0.2) is 0 Å². The van der Waals surface area contributed by atoms with E-state index in [1.807, 2.05) is 4.88 Å². The normalized spacial score (nSPS) is 18.6. The van der Waals surface area contributed by atoms with E-state index in [4.69, 9.17) is 4.74 Å². The van der Waals surface area contributed by atoms with Crippen LogP contribution >= 0.6 is 8.00 Å². The van der Waals surface area contributed by atoms with Crippen molar-refractivity contribution in [2.45, 2.75) is 38.2 Å². The van der Waals surface area contributed by atoms with E-state index in [-0.39, 0.29) is 17.5 Å². The molecule has 1 aliphatic rings. The molecule has 0 aliphatic heterocycles. The van der Waals surface area contributed by atoms with Crippen molar-refractivity contribution in [3.63, 3.8) is 0 Å². The Balaban J connectivity index is 2.29. The van der Waals surface area contributed by atoms with Crippen LogP contribution in [0.1, 0.15) is 32.1 Å². The Morgan fingerprint density at radius 3 is 2.30 bits per heavy atom. The van der Waals surface area contributed by atoms with E-state index in [1.165, 1.54) is 6.07 Å². The molecule has 9 heteroatoms. The van der Waals surface area contributed by atoms with Crippen LogP contribution in [0.25, 0.3) is 0 Å². The van der Waals surface area contributed by atoms with Crippen molar-refractivity contribution in [3.05, 3.63) is 18.2 Å². The van der Waals surface area contributed by atoms with Crippen LogP contribution in [0.3, 0.4) is 0 Å². The van der Waals surface area contributed by atoms with E-state index < -0.39 is 8.00 Å². The average molecular weight is 353 g/mol. The molecule has 0 spiro atoms. The first kappa shape index (κ1) is 17.9. The topological polar surface area (TPSA) is 37.2 Å². The van der Waals surface area contributed by atoms with E-state index in [0.29, 0.717) is 0 Å². The summed E-state index contributed by atoms with van der Waals surface area (Å²) >= 11 is 0. The maximum atomic E-state index is 12.4. The quantitative estimate of drug-likeness (QED) is 0.342. The first-order valence-corrected chi connectivity index (χ1v) is 9.16. The summed E-state index contributed by atoms with van der Waals surface area (Å²) < 4.78 is 55.3. The predicted molar refractivity (Wildman–Crippen MR) is 84.1 cm³/mol. The van der Waals surface area contributed by atoms with E-state index in [9.17, 15) is 16.8 Å². The molecular weight excluding hydrogens is 333 g/mol. The average Bonchev–Trinajstić information content (AvgIpc) is 2.45. The summed E-state index contributed by atoms with van der Waals surface area (Å²) in [5.74, 6) is 0.201. The molecule has 0 radical (unpaired) electrons.